The Morgan fingerprint density at radius 3 is 2.33 bits per heavy atom. The second-order valence-electron chi connectivity index (χ2n) is 2.98. The Morgan fingerprint density at radius 2 is 2.22 bits per heavy atom. The maximum Gasteiger partial charge on any atom is 0.0772 e. The highest BCUT2D eigenvalue weighted by molar-refractivity contribution is 5.01. The molecule has 1 rings (SSSR count). The van der Waals surface area contributed by atoms with E-state index in [1.54, 1.807) is 0 Å². The predicted molar refractivity (Wildman–Crippen MR) is 38.2 cm³/mol. The van der Waals surface area contributed by atoms with Crippen molar-refractivity contribution in [2.45, 2.75) is 32.3 Å². The van der Waals surface area contributed by atoms with Gasteiger partial charge in [0.1, 0.15) is 0 Å². The molecular formula is C8H14O. The lowest BCUT2D eigenvalue weighted by Crippen LogP contribution is -2.26. The first-order valence-electron chi connectivity index (χ1n) is 3.55. The first-order valence-corrected chi connectivity index (χ1v) is 3.55. The van der Waals surface area contributed by atoms with Crippen LogP contribution in [-0.4, -0.2) is 11.2 Å². The van der Waals surface area contributed by atoms with Crippen LogP contribution in [0.1, 0.15) is 26.2 Å². The number of aliphatic hydroxyl groups is 1. The normalized spacial score (nSPS) is 22.9. The summed E-state index contributed by atoms with van der Waals surface area (Å²) in [6, 6.07) is 0. The molecule has 0 radical (unpaired) electrons. The Balaban J connectivity index is 2.32. The Bertz CT molecular complexity index is 114. The summed E-state index contributed by atoms with van der Waals surface area (Å²) in [4.78, 5) is 0. The van der Waals surface area contributed by atoms with E-state index in [4.69, 9.17) is 0 Å². The SMILES string of the molecule is C=C(C)C(O)C1CCC1. The molecule has 9 heavy (non-hydrogen) atoms. The van der Waals surface area contributed by atoms with E-state index in [2.05, 4.69) is 6.58 Å². The fourth-order valence-electron chi connectivity index (χ4n) is 1.16. The summed E-state index contributed by atoms with van der Waals surface area (Å²) < 4.78 is 0. The molecule has 0 aromatic heterocycles. The summed E-state index contributed by atoms with van der Waals surface area (Å²) in [7, 11) is 0. The van der Waals surface area contributed by atoms with Crippen LogP contribution >= 0.6 is 0 Å². The molecule has 1 N–H and O–H groups in total. The van der Waals surface area contributed by atoms with Crippen LogP contribution in [0.25, 0.3) is 0 Å². The smallest absolute Gasteiger partial charge is 0.0772 e. The fourth-order valence-corrected chi connectivity index (χ4v) is 1.16. The van der Waals surface area contributed by atoms with Crippen molar-refractivity contribution in [3.63, 3.8) is 0 Å². The summed E-state index contributed by atoms with van der Waals surface area (Å²) >= 11 is 0. The molecule has 0 heterocycles. The number of hydrogen-bond donors (Lipinski definition) is 1. The van der Waals surface area contributed by atoms with E-state index in [1.165, 1.54) is 19.3 Å². The van der Waals surface area contributed by atoms with Gasteiger partial charge in [0.2, 0.25) is 0 Å². The van der Waals surface area contributed by atoms with Crippen molar-refractivity contribution in [2.75, 3.05) is 0 Å². The first-order chi connectivity index (χ1) is 4.22. The van der Waals surface area contributed by atoms with Crippen LogP contribution in [0, 0.1) is 5.92 Å². The zero-order chi connectivity index (χ0) is 6.85. The van der Waals surface area contributed by atoms with E-state index in [0.717, 1.165) is 5.57 Å². The number of aliphatic hydroxyl groups excluding tert-OH is 1. The summed E-state index contributed by atoms with van der Waals surface area (Å²) in [5.74, 6) is 0.530. The molecule has 1 nitrogen and oxygen atoms in total. The molecule has 52 valence electrons. The molecule has 0 bridgehead atoms. The molecular weight excluding hydrogens is 112 g/mol. The van der Waals surface area contributed by atoms with E-state index in [0.29, 0.717) is 5.92 Å². The van der Waals surface area contributed by atoms with E-state index >= 15 is 0 Å². The van der Waals surface area contributed by atoms with Crippen molar-refractivity contribution in [1.29, 1.82) is 0 Å². The summed E-state index contributed by atoms with van der Waals surface area (Å²) in [5, 5.41) is 9.35. The largest absolute Gasteiger partial charge is 0.388 e. The van der Waals surface area contributed by atoms with Gasteiger partial charge in [0.05, 0.1) is 6.10 Å². The fraction of sp³-hybridized carbons (Fsp3) is 0.750. The van der Waals surface area contributed by atoms with Crippen LogP contribution in [-0.2, 0) is 0 Å². The molecule has 1 heteroatoms. The molecule has 1 saturated carbocycles. The summed E-state index contributed by atoms with van der Waals surface area (Å²) in [5.41, 5.74) is 0.916. The monoisotopic (exact) mass is 126 g/mol. The minimum absolute atomic E-state index is 0.223. The summed E-state index contributed by atoms with van der Waals surface area (Å²) in [6.07, 6.45) is 3.44. The molecule has 0 aliphatic heterocycles. The molecule has 0 saturated heterocycles. The van der Waals surface area contributed by atoms with Crippen LogP contribution in [0.15, 0.2) is 12.2 Å². The van der Waals surface area contributed by atoms with Gasteiger partial charge in [-0.1, -0.05) is 18.6 Å². The van der Waals surface area contributed by atoms with Gasteiger partial charge in [-0.25, -0.2) is 0 Å². The predicted octanol–water partition coefficient (Wildman–Crippen LogP) is 1.72. The molecule has 1 atom stereocenters. The Labute approximate surface area is 56.4 Å². The van der Waals surface area contributed by atoms with Crippen molar-refractivity contribution < 1.29 is 5.11 Å². The van der Waals surface area contributed by atoms with Crippen LogP contribution in [0.5, 0.6) is 0 Å². The molecule has 1 aliphatic carbocycles. The standard InChI is InChI=1S/C8H14O/c1-6(2)8(9)7-4-3-5-7/h7-9H,1,3-5H2,2H3. The van der Waals surface area contributed by atoms with E-state index in [1.807, 2.05) is 6.92 Å². The Kier molecular flexibility index (Phi) is 1.91. The minimum Gasteiger partial charge on any atom is -0.388 e. The topological polar surface area (TPSA) is 20.2 Å². The number of hydrogen-bond acceptors (Lipinski definition) is 1. The van der Waals surface area contributed by atoms with Crippen LogP contribution in [0.2, 0.25) is 0 Å². The highest BCUT2D eigenvalue weighted by Crippen LogP contribution is 2.31. The van der Waals surface area contributed by atoms with Crippen molar-refractivity contribution >= 4 is 0 Å². The molecule has 0 aromatic rings. The van der Waals surface area contributed by atoms with E-state index in [9.17, 15) is 5.11 Å². The Hall–Kier alpha value is -0.300. The van der Waals surface area contributed by atoms with Gasteiger partial charge in [0, 0.05) is 0 Å². The third-order valence-electron chi connectivity index (χ3n) is 2.10. The highest BCUT2D eigenvalue weighted by atomic mass is 16.3. The van der Waals surface area contributed by atoms with Crippen molar-refractivity contribution in [3.05, 3.63) is 12.2 Å². The third kappa shape index (κ3) is 1.33. The molecule has 0 aromatic carbocycles. The lowest BCUT2D eigenvalue weighted by atomic mass is 9.79. The van der Waals surface area contributed by atoms with Gasteiger partial charge in [-0.15, -0.1) is 0 Å². The summed E-state index contributed by atoms with van der Waals surface area (Å²) in [6.45, 7) is 5.60. The van der Waals surface area contributed by atoms with Crippen molar-refractivity contribution in [2.24, 2.45) is 5.92 Å². The first kappa shape index (κ1) is 6.81. The highest BCUT2D eigenvalue weighted by Gasteiger charge is 2.25. The maximum atomic E-state index is 9.35. The molecule has 0 amide bonds. The molecule has 1 fully saturated rings. The van der Waals surface area contributed by atoms with Gasteiger partial charge in [-0.2, -0.15) is 0 Å². The molecule has 1 unspecified atom stereocenters. The zero-order valence-corrected chi connectivity index (χ0v) is 5.93. The molecule has 0 spiro atoms. The van der Waals surface area contributed by atoms with Crippen LogP contribution in [0.3, 0.4) is 0 Å². The average Bonchev–Trinajstić information content (AvgIpc) is 1.60. The van der Waals surface area contributed by atoms with E-state index in [-0.39, 0.29) is 6.10 Å². The quantitative estimate of drug-likeness (QED) is 0.558. The second kappa shape index (κ2) is 2.53. The van der Waals surface area contributed by atoms with Gasteiger partial charge in [0.15, 0.2) is 0 Å². The molecule has 1 aliphatic rings. The maximum absolute atomic E-state index is 9.35. The van der Waals surface area contributed by atoms with Crippen molar-refractivity contribution in [3.8, 4) is 0 Å². The van der Waals surface area contributed by atoms with Gasteiger partial charge in [-0.05, 0) is 25.7 Å². The van der Waals surface area contributed by atoms with Gasteiger partial charge < -0.3 is 5.11 Å². The van der Waals surface area contributed by atoms with Crippen LogP contribution < -0.4 is 0 Å². The minimum atomic E-state index is -0.223. The lowest BCUT2D eigenvalue weighted by Gasteiger charge is -2.30. The van der Waals surface area contributed by atoms with Crippen molar-refractivity contribution in [1.82, 2.24) is 0 Å². The lowest BCUT2D eigenvalue weighted by molar-refractivity contribution is 0.0916. The number of rotatable bonds is 2. The van der Waals surface area contributed by atoms with Gasteiger partial charge in [0.25, 0.3) is 0 Å². The van der Waals surface area contributed by atoms with E-state index < -0.39 is 0 Å². The van der Waals surface area contributed by atoms with Crippen LogP contribution in [0.4, 0.5) is 0 Å². The Morgan fingerprint density at radius 1 is 1.67 bits per heavy atom. The van der Waals surface area contributed by atoms with Gasteiger partial charge >= 0.3 is 0 Å². The second-order valence-corrected chi connectivity index (χ2v) is 2.98. The third-order valence-corrected chi connectivity index (χ3v) is 2.10. The zero-order valence-electron chi connectivity index (χ0n) is 5.93. The van der Waals surface area contributed by atoms with Gasteiger partial charge in [-0.3, -0.25) is 0 Å². The average molecular weight is 126 g/mol.